The third kappa shape index (κ3) is 2.81. The summed E-state index contributed by atoms with van der Waals surface area (Å²) in [7, 11) is 3.84. The molecule has 4 heteroatoms. The van der Waals surface area contributed by atoms with Gasteiger partial charge in [-0.15, -0.1) is 0 Å². The van der Waals surface area contributed by atoms with Crippen molar-refractivity contribution in [1.82, 2.24) is 9.88 Å². The first-order valence-electron chi connectivity index (χ1n) is 4.34. The molecule has 0 fully saturated rings. The lowest BCUT2D eigenvalue weighted by Gasteiger charge is -2.09. The van der Waals surface area contributed by atoms with E-state index < -0.39 is 5.97 Å². The zero-order valence-electron chi connectivity index (χ0n) is 8.61. The Morgan fingerprint density at radius 3 is 2.64 bits per heavy atom. The number of hydrogen-bond donors (Lipinski definition) is 1. The molecule has 1 rings (SSSR count). The summed E-state index contributed by atoms with van der Waals surface area (Å²) >= 11 is 0. The number of rotatable bonds is 3. The van der Waals surface area contributed by atoms with E-state index in [4.69, 9.17) is 5.11 Å². The van der Waals surface area contributed by atoms with E-state index in [1.54, 1.807) is 19.1 Å². The molecule has 0 aliphatic heterocycles. The van der Waals surface area contributed by atoms with Crippen molar-refractivity contribution >= 4 is 5.97 Å². The molecule has 0 radical (unpaired) electrons. The molecule has 0 aliphatic rings. The number of carboxylic acid groups (broad SMARTS) is 1. The number of nitrogens with zero attached hydrogens (tertiary/aromatic N) is 2. The number of aryl methyl sites for hydroxylation is 1. The zero-order chi connectivity index (χ0) is 10.7. The molecule has 0 amide bonds. The van der Waals surface area contributed by atoms with Crippen LogP contribution in [0.4, 0.5) is 0 Å². The van der Waals surface area contributed by atoms with Gasteiger partial charge < -0.3 is 10.0 Å². The van der Waals surface area contributed by atoms with E-state index in [-0.39, 0.29) is 0 Å². The number of carbonyl (C=O) groups is 1. The molecule has 1 heterocycles. The van der Waals surface area contributed by atoms with Crippen LogP contribution in [-0.4, -0.2) is 35.1 Å². The highest BCUT2D eigenvalue weighted by Gasteiger charge is 2.06. The van der Waals surface area contributed by atoms with Gasteiger partial charge in [-0.3, -0.25) is 4.98 Å². The highest BCUT2D eigenvalue weighted by Crippen LogP contribution is 2.07. The van der Waals surface area contributed by atoms with Crippen LogP contribution in [0.2, 0.25) is 0 Å². The van der Waals surface area contributed by atoms with Crippen LogP contribution >= 0.6 is 0 Å². The van der Waals surface area contributed by atoms with Gasteiger partial charge in [0.05, 0.1) is 11.3 Å². The molecule has 76 valence electrons. The van der Waals surface area contributed by atoms with Crippen molar-refractivity contribution in [1.29, 1.82) is 0 Å². The number of pyridine rings is 1. The largest absolute Gasteiger partial charge is 0.478 e. The zero-order valence-corrected chi connectivity index (χ0v) is 8.61. The predicted molar refractivity (Wildman–Crippen MR) is 53.3 cm³/mol. The molecule has 0 saturated carbocycles. The molecule has 0 aliphatic carbocycles. The van der Waals surface area contributed by atoms with Crippen molar-refractivity contribution in [2.24, 2.45) is 0 Å². The van der Waals surface area contributed by atoms with E-state index in [2.05, 4.69) is 4.98 Å². The lowest BCUT2D eigenvalue weighted by molar-refractivity contribution is 0.0696. The summed E-state index contributed by atoms with van der Waals surface area (Å²) in [5.74, 6) is -0.907. The Morgan fingerprint density at radius 1 is 1.50 bits per heavy atom. The smallest absolute Gasteiger partial charge is 0.335 e. The van der Waals surface area contributed by atoms with Crippen molar-refractivity contribution < 1.29 is 9.90 Å². The van der Waals surface area contributed by atoms with Crippen LogP contribution in [0, 0.1) is 6.92 Å². The van der Waals surface area contributed by atoms with E-state index in [0.29, 0.717) is 12.1 Å². The first kappa shape index (κ1) is 10.7. The Hall–Kier alpha value is -1.42. The summed E-state index contributed by atoms with van der Waals surface area (Å²) in [5.41, 5.74) is 1.82. The minimum Gasteiger partial charge on any atom is -0.478 e. The van der Waals surface area contributed by atoms with Gasteiger partial charge in [0.25, 0.3) is 0 Å². The van der Waals surface area contributed by atoms with Crippen LogP contribution in [0.25, 0.3) is 0 Å². The maximum atomic E-state index is 10.7. The second-order valence-corrected chi connectivity index (χ2v) is 3.53. The van der Waals surface area contributed by atoms with Gasteiger partial charge in [0, 0.05) is 12.2 Å². The highest BCUT2D eigenvalue weighted by molar-refractivity contribution is 5.87. The summed E-state index contributed by atoms with van der Waals surface area (Å²) in [4.78, 5) is 17.0. The first-order chi connectivity index (χ1) is 6.49. The van der Waals surface area contributed by atoms with Crippen molar-refractivity contribution in [3.63, 3.8) is 0 Å². The second-order valence-electron chi connectivity index (χ2n) is 3.53. The highest BCUT2D eigenvalue weighted by atomic mass is 16.4. The van der Waals surface area contributed by atoms with Crippen molar-refractivity contribution in [2.45, 2.75) is 13.5 Å². The van der Waals surface area contributed by atoms with Gasteiger partial charge in [-0.2, -0.15) is 0 Å². The minimum atomic E-state index is -0.907. The van der Waals surface area contributed by atoms with Crippen LogP contribution in [0.15, 0.2) is 12.1 Å². The molecule has 0 unspecified atom stereocenters. The topological polar surface area (TPSA) is 53.4 Å². The average molecular weight is 194 g/mol. The number of aromatic carboxylic acids is 1. The van der Waals surface area contributed by atoms with Gasteiger partial charge in [-0.05, 0) is 33.2 Å². The summed E-state index contributed by atoms with van der Waals surface area (Å²) in [5, 5.41) is 8.83. The second kappa shape index (κ2) is 4.19. The maximum Gasteiger partial charge on any atom is 0.335 e. The Labute approximate surface area is 83.2 Å². The lowest BCUT2D eigenvalue weighted by Crippen LogP contribution is -2.13. The Kier molecular flexibility index (Phi) is 3.19. The molecule has 1 N–H and O–H groups in total. The standard InChI is InChI=1S/C10H14N2O2/c1-7-4-8(10(13)14)5-9(11-7)6-12(2)3/h4-5H,6H2,1-3H3,(H,13,14). The summed E-state index contributed by atoms with van der Waals surface area (Å²) in [6.07, 6.45) is 0. The molecule has 14 heavy (non-hydrogen) atoms. The fourth-order valence-corrected chi connectivity index (χ4v) is 1.27. The third-order valence-electron chi connectivity index (χ3n) is 1.73. The molecular formula is C10H14N2O2. The van der Waals surface area contributed by atoms with Crippen LogP contribution < -0.4 is 0 Å². The van der Waals surface area contributed by atoms with Crippen LogP contribution in [0.1, 0.15) is 21.7 Å². The monoisotopic (exact) mass is 194 g/mol. The van der Waals surface area contributed by atoms with Crippen LogP contribution in [-0.2, 0) is 6.54 Å². The van der Waals surface area contributed by atoms with Gasteiger partial charge in [0.1, 0.15) is 0 Å². The van der Waals surface area contributed by atoms with Crippen molar-refractivity contribution in [2.75, 3.05) is 14.1 Å². The maximum absolute atomic E-state index is 10.7. The Bertz CT molecular complexity index is 348. The van der Waals surface area contributed by atoms with E-state index in [0.717, 1.165) is 11.4 Å². The Morgan fingerprint density at radius 2 is 2.14 bits per heavy atom. The first-order valence-corrected chi connectivity index (χ1v) is 4.34. The molecule has 0 atom stereocenters. The molecule has 0 aromatic carbocycles. The van der Waals surface area contributed by atoms with Crippen LogP contribution in [0.3, 0.4) is 0 Å². The normalized spacial score (nSPS) is 10.6. The van der Waals surface area contributed by atoms with E-state index >= 15 is 0 Å². The fraction of sp³-hybridized carbons (Fsp3) is 0.400. The lowest BCUT2D eigenvalue weighted by atomic mass is 10.2. The fourth-order valence-electron chi connectivity index (χ4n) is 1.27. The SMILES string of the molecule is Cc1cc(C(=O)O)cc(CN(C)C)n1. The van der Waals surface area contributed by atoms with Crippen LogP contribution in [0.5, 0.6) is 0 Å². The van der Waals surface area contributed by atoms with Crippen molar-refractivity contribution in [3.05, 3.63) is 29.1 Å². The molecule has 0 bridgehead atoms. The Balaban J connectivity index is 3.01. The quantitative estimate of drug-likeness (QED) is 0.784. The molecule has 1 aromatic heterocycles. The number of aromatic nitrogens is 1. The van der Waals surface area contributed by atoms with E-state index in [1.807, 2.05) is 19.0 Å². The summed E-state index contributed by atoms with van der Waals surface area (Å²) < 4.78 is 0. The minimum absolute atomic E-state index is 0.300. The van der Waals surface area contributed by atoms with Gasteiger partial charge in [0.15, 0.2) is 0 Å². The van der Waals surface area contributed by atoms with Gasteiger partial charge >= 0.3 is 5.97 Å². The summed E-state index contributed by atoms with van der Waals surface area (Å²) in [6.45, 7) is 2.45. The molecule has 1 aromatic rings. The predicted octanol–water partition coefficient (Wildman–Crippen LogP) is 1.15. The average Bonchev–Trinajstić information content (AvgIpc) is 2.01. The van der Waals surface area contributed by atoms with Crippen molar-refractivity contribution in [3.8, 4) is 0 Å². The van der Waals surface area contributed by atoms with Gasteiger partial charge in [0.2, 0.25) is 0 Å². The van der Waals surface area contributed by atoms with Gasteiger partial charge in [-0.25, -0.2) is 4.79 Å². The number of hydrogen-bond acceptors (Lipinski definition) is 3. The van der Waals surface area contributed by atoms with E-state index in [1.165, 1.54) is 0 Å². The van der Waals surface area contributed by atoms with Gasteiger partial charge in [-0.1, -0.05) is 0 Å². The molecule has 4 nitrogen and oxygen atoms in total. The molecular weight excluding hydrogens is 180 g/mol. The molecule has 0 spiro atoms. The third-order valence-corrected chi connectivity index (χ3v) is 1.73. The summed E-state index contributed by atoms with van der Waals surface area (Å²) in [6, 6.07) is 3.18. The number of carboxylic acids is 1. The molecule has 0 saturated heterocycles. The van der Waals surface area contributed by atoms with E-state index in [9.17, 15) is 4.79 Å².